The summed E-state index contributed by atoms with van der Waals surface area (Å²) >= 11 is 3.30. The predicted octanol–water partition coefficient (Wildman–Crippen LogP) is 3.35. The number of anilines is 2. The Hall–Kier alpha value is -2.69. The minimum absolute atomic E-state index is 0.0177. The van der Waals surface area contributed by atoms with Crippen LogP contribution in [0, 0.1) is 0 Å². The monoisotopic (exact) mass is 428 g/mol. The summed E-state index contributed by atoms with van der Waals surface area (Å²) in [6, 6.07) is 9.91. The Labute approximate surface area is 153 Å². The number of hydrogen-bond donors (Lipinski definition) is 2. The lowest BCUT2D eigenvalue weighted by atomic mass is 10.3. The van der Waals surface area contributed by atoms with E-state index in [4.69, 9.17) is 0 Å². The molecule has 2 heterocycles. The predicted molar refractivity (Wildman–Crippen MR) is 91.7 cm³/mol. The zero-order valence-corrected chi connectivity index (χ0v) is 14.7. The number of hydrogen-bond acceptors (Lipinski definition) is 5. The van der Waals surface area contributed by atoms with Gasteiger partial charge < -0.3 is 10.6 Å². The van der Waals surface area contributed by atoms with Crippen molar-refractivity contribution in [3.05, 3.63) is 46.7 Å². The molecule has 3 aromatic rings. The van der Waals surface area contributed by atoms with Gasteiger partial charge in [0.25, 0.3) is 5.82 Å². The Morgan fingerprint density at radius 3 is 2.54 bits per heavy atom. The van der Waals surface area contributed by atoms with Gasteiger partial charge in [0.1, 0.15) is 5.82 Å². The molecule has 136 valence electrons. The van der Waals surface area contributed by atoms with Crippen LogP contribution in [0.5, 0.6) is 0 Å². The van der Waals surface area contributed by atoms with Crippen molar-refractivity contribution < 1.29 is 18.0 Å². The molecule has 0 unspecified atom stereocenters. The van der Waals surface area contributed by atoms with Gasteiger partial charge in [-0.15, -0.1) is 15.3 Å². The molecule has 0 saturated carbocycles. The average molecular weight is 429 g/mol. The molecule has 2 N–H and O–H groups in total. The maximum absolute atomic E-state index is 12.8. The van der Waals surface area contributed by atoms with E-state index in [-0.39, 0.29) is 30.3 Å². The van der Waals surface area contributed by atoms with Crippen molar-refractivity contribution in [1.29, 1.82) is 0 Å². The molecule has 0 radical (unpaired) electrons. The van der Waals surface area contributed by atoms with Gasteiger partial charge in [-0.05, 0) is 36.4 Å². The third-order valence-electron chi connectivity index (χ3n) is 3.30. The maximum atomic E-state index is 12.8. The molecule has 0 fully saturated rings. The molecule has 0 aliphatic rings. The van der Waals surface area contributed by atoms with Gasteiger partial charge in [0, 0.05) is 23.1 Å². The van der Waals surface area contributed by atoms with Crippen molar-refractivity contribution in [3.63, 3.8) is 0 Å². The van der Waals surface area contributed by atoms with Crippen LogP contribution in [0.15, 0.2) is 40.9 Å². The standard InChI is InChI=1S/C15H12BrF3N6O/c16-9-1-3-10(4-2-9)21-13(26)7-8-20-11-5-6-12-22-23-14(15(17,18)19)25(12)24-11/h1-6H,7-8H2,(H,20,24)(H,21,26). The van der Waals surface area contributed by atoms with Crippen molar-refractivity contribution in [2.75, 3.05) is 17.2 Å². The molecule has 0 spiro atoms. The van der Waals surface area contributed by atoms with Crippen molar-refractivity contribution in [2.45, 2.75) is 12.6 Å². The Bertz CT molecular complexity index is 925. The van der Waals surface area contributed by atoms with Crippen LogP contribution in [0.1, 0.15) is 12.2 Å². The highest BCUT2D eigenvalue weighted by molar-refractivity contribution is 9.10. The molecule has 0 atom stereocenters. The van der Waals surface area contributed by atoms with Crippen molar-refractivity contribution in [2.24, 2.45) is 0 Å². The number of carbonyl (C=O) groups is 1. The van der Waals surface area contributed by atoms with E-state index in [1.165, 1.54) is 12.1 Å². The Kier molecular flexibility index (Phi) is 5.07. The molecule has 7 nitrogen and oxygen atoms in total. The summed E-state index contributed by atoms with van der Waals surface area (Å²) in [7, 11) is 0. The molecule has 0 bridgehead atoms. The van der Waals surface area contributed by atoms with E-state index in [1.54, 1.807) is 24.3 Å². The van der Waals surface area contributed by atoms with E-state index in [2.05, 4.69) is 41.9 Å². The highest BCUT2D eigenvalue weighted by Crippen LogP contribution is 2.27. The smallest absolute Gasteiger partial charge is 0.368 e. The van der Waals surface area contributed by atoms with E-state index in [0.717, 1.165) is 4.47 Å². The number of rotatable bonds is 5. The van der Waals surface area contributed by atoms with Crippen LogP contribution in [-0.4, -0.2) is 32.3 Å². The second-order valence-corrected chi connectivity index (χ2v) is 6.16. The highest BCUT2D eigenvalue weighted by atomic mass is 79.9. The number of fused-ring (bicyclic) bond motifs is 1. The summed E-state index contributed by atoms with van der Waals surface area (Å²) in [5.74, 6) is -1.26. The normalized spacial score (nSPS) is 11.5. The van der Waals surface area contributed by atoms with Crippen LogP contribution in [0.4, 0.5) is 24.7 Å². The molecular formula is C15H12BrF3N6O. The number of benzene rings is 1. The zero-order chi connectivity index (χ0) is 18.7. The van der Waals surface area contributed by atoms with Gasteiger partial charge in [0.15, 0.2) is 5.65 Å². The second-order valence-electron chi connectivity index (χ2n) is 5.24. The summed E-state index contributed by atoms with van der Waals surface area (Å²) in [4.78, 5) is 11.9. The molecule has 0 saturated heterocycles. The molecule has 3 rings (SSSR count). The quantitative estimate of drug-likeness (QED) is 0.650. The van der Waals surface area contributed by atoms with E-state index < -0.39 is 12.0 Å². The third-order valence-corrected chi connectivity index (χ3v) is 3.83. The van der Waals surface area contributed by atoms with Gasteiger partial charge in [-0.1, -0.05) is 15.9 Å². The van der Waals surface area contributed by atoms with Crippen LogP contribution < -0.4 is 10.6 Å². The van der Waals surface area contributed by atoms with E-state index >= 15 is 0 Å². The SMILES string of the molecule is O=C(CCNc1ccc2nnc(C(F)(F)F)n2n1)Nc1ccc(Br)cc1. The summed E-state index contributed by atoms with van der Waals surface area (Å²) < 4.78 is 40.0. The summed E-state index contributed by atoms with van der Waals surface area (Å²) in [6.45, 7) is 0.199. The molecule has 1 amide bonds. The lowest BCUT2D eigenvalue weighted by Gasteiger charge is -2.08. The fraction of sp³-hybridized carbons (Fsp3) is 0.200. The molecule has 0 aliphatic heterocycles. The number of carbonyl (C=O) groups excluding carboxylic acids is 1. The topological polar surface area (TPSA) is 84.2 Å². The second kappa shape index (κ2) is 7.28. The van der Waals surface area contributed by atoms with Crippen LogP contribution in [0.25, 0.3) is 5.65 Å². The Morgan fingerprint density at radius 2 is 1.85 bits per heavy atom. The van der Waals surface area contributed by atoms with Gasteiger partial charge in [-0.25, -0.2) is 0 Å². The van der Waals surface area contributed by atoms with E-state index in [1.807, 2.05) is 0 Å². The minimum atomic E-state index is -4.66. The fourth-order valence-corrected chi connectivity index (χ4v) is 2.39. The molecule has 0 aliphatic carbocycles. The Morgan fingerprint density at radius 1 is 1.12 bits per heavy atom. The highest BCUT2D eigenvalue weighted by Gasteiger charge is 2.37. The lowest BCUT2D eigenvalue weighted by Crippen LogP contribution is -2.17. The lowest BCUT2D eigenvalue weighted by molar-refractivity contribution is -0.146. The van der Waals surface area contributed by atoms with E-state index in [9.17, 15) is 18.0 Å². The van der Waals surface area contributed by atoms with Gasteiger partial charge in [0.05, 0.1) is 0 Å². The van der Waals surface area contributed by atoms with Crippen molar-refractivity contribution in [3.8, 4) is 0 Å². The fourth-order valence-electron chi connectivity index (χ4n) is 2.12. The number of halogens is 4. The van der Waals surface area contributed by atoms with Gasteiger partial charge in [0.2, 0.25) is 5.91 Å². The number of nitrogens with one attached hydrogen (secondary N) is 2. The van der Waals surface area contributed by atoms with Crippen molar-refractivity contribution >= 4 is 39.0 Å². The zero-order valence-electron chi connectivity index (χ0n) is 13.1. The molecule has 1 aromatic carbocycles. The largest absolute Gasteiger partial charge is 0.453 e. The summed E-state index contributed by atoms with van der Waals surface area (Å²) in [6.07, 6.45) is -4.54. The first kappa shape index (κ1) is 18.1. The van der Waals surface area contributed by atoms with Gasteiger partial charge >= 0.3 is 6.18 Å². The molecule has 11 heteroatoms. The molecular weight excluding hydrogens is 417 g/mol. The van der Waals surface area contributed by atoms with Gasteiger partial charge in [-0.3, -0.25) is 4.79 Å². The van der Waals surface area contributed by atoms with Crippen LogP contribution in [-0.2, 0) is 11.0 Å². The first-order valence-electron chi connectivity index (χ1n) is 7.42. The van der Waals surface area contributed by atoms with Crippen LogP contribution >= 0.6 is 15.9 Å². The number of nitrogens with zero attached hydrogens (tertiary/aromatic N) is 4. The number of amides is 1. The number of alkyl halides is 3. The van der Waals surface area contributed by atoms with E-state index in [0.29, 0.717) is 10.2 Å². The number of aromatic nitrogens is 4. The minimum Gasteiger partial charge on any atom is -0.368 e. The molecule has 2 aromatic heterocycles. The van der Waals surface area contributed by atoms with Crippen molar-refractivity contribution in [1.82, 2.24) is 19.8 Å². The molecule has 26 heavy (non-hydrogen) atoms. The summed E-state index contributed by atoms with van der Waals surface area (Å²) in [5, 5.41) is 15.9. The Balaban J connectivity index is 1.59. The maximum Gasteiger partial charge on any atom is 0.453 e. The first-order chi connectivity index (χ1) is 12.3. The average Bonchev–Trinajstić information content (AvgIpc) is 3.00. The summed E-state index contributed by atoms with van der Waals surface area (Å²) in [5.41, 5.74) is 0.632. The third kappa shape index (κ3) is 4.28. The van der Waals surface area contributed by atoms with Gasteiger partial charge in [-0.2, -0.15) is 17.7 Å². The van der Waals surface area contributed by atoms with Crippen LogP contribution in [0.3, 0.4) is 0 Å². The first-order valence-corrected chi connectivity index (χ1v) is 8.21. The van der Waals surface area contributed by atoms with Crippen LogP contribution in [0.2, 0.25) is 0 Å².